The Hall–Kier alpha value is -1.61. The van der Waals surface area contributed by atoms with Gasteiger partial charge in [0.15, 0.2) is 0 Å². The summed E-state index contributed by atoms with van der Waals surface area (Å²) < 4.78 is 0. The number of hydrogen-bond acceptors (Lipinski definition) is 3. The molecule has 2 aromatic rings. The van der Waals surface area contributed by atoms with E-state index in [1.54, 1.807) is 0 Å². The van der Waals surface area contributed by atoms with Crippen LogP contribution >= 0.6 is 11.8 Å². The largest absolute Gasteiger partial charge is 0.399 e. The smallest absolute Gasteiger partial charge is 0.0478 e. The summed E-state index contributed by atoms with van der Waals surface area (Å²) in [5, 5.41) is 3.42. The molecule has 3 N–H and O–H groups in total. The summed E-state index contributed by atoms with van der Waals surface area (Å²) in [4.78, 5) is 1.37. The fourth-order valence-electron chi connectivity index (χ4n) is 2.16. The maximum Gasteiger partial charge on any atom is 0.0478 e. The molecule has 0 saturated carbocycles. The van der Waals surface area contributed by atoms with Crippen LogP contribution in [0.25, 0.3) is 0 Å². The summed E-state index contributed by atoms with van der Waals surface area (Å²) in [5.41, 5.74) is 10.5. The van der Waals surface area contributed by atoms with E-state index in [-0.39, 0.29) is 0 Å². The number of benzene rings is 2. The van der Waals surface area contributed by atoms with Crippen molar-refractivity contribution in [2.45, 2.75) is 11.3 Å². The Morgan fingerprint density at radius 2 is 1.83 bits per heavy atom. The van der Waals surface area contributed by atoms with Gasteiger partial charge in [-0.15, -0.1) is 11.8 Å². The number of thioether (sulfide) groups is 1. The second kappa shape index (κ2) is 4.94. The van der Waals surface area contributed by atoms with Gasteiger partial charge < -0.3 is 11.1 Å². The first-order valence-electron chi connectivity index (χ1n) is 6.15. The Labute approximate surface area is 112 Å². The monoisotopic (exact) mass is 256 g/mol. The highest BCUT2D eigenvalue weighted by Gasteiger charge is 2.09. The van der Waals surface area contributed by atoms with Gasteiger partial charge in [-0.1, -0.05) is 18.2 Å². The van der Waals surface area contributed by atoms with Crippen molar-refractivity contribution in [1.82, 2.24) is 0 Å². The molecule has 0 aromatic heterocycles. The minimum atomic E-state index is 0.823. The summed E-state index contributed by atoms with van der Waals surface area (Å²) >= 11 is 1.93. The van der Waals surface area contributed by atoms with Crippen LogP contribution in [0.15, 0.2) is 47.4 Å². The van der Waals surface area contributed by atoms with Crippen LogP contribution in [0, 0.1) is 0 Å². The highest BCUT2D eigenvalue weighted by molar-refractivity contribution is 7.99. The predicted octanol–water partition coefficient (Wildman–Crippen LogP) is 3.38. The molecule has 18 heavy (non-hydrogen) atoms. The molecule has 0 unspecified atom stereocenters. The molecule has 0 aliphatic carbocycles. The van der Waals surface area contributed by atoms with E-state index in [9.17, 15) is 0 Å². The number of nitrogens with one attached hydrogen (secondary N) is 1. The van der Waals surface area contributed by atoms with Crippen LogP contribution in [0.1, 0.15) is 11.1 Å². The third-order valence-corrected chi connectivity index (χ3v) is 4.17. The van der Waals surface area contributed by atoms with Crippen molar-refractivity contribution in [3.8, 4) is 0 Å². The zero-order valence-electron chi connectivity index (χ0n) is 10.1. The van der Waals surface area contributed by atoms with Gasteiger partial charge >= 0.3 is 0 Å². The van der Waals surface area contributed by atoms with Crippen molar-refractivity contribution in [3.05, 3.63) is 53.6 Å². The van der Waals surface area contributed by atoms with Crippen LogP contribution in [-0.2, 0) is 6.42 Å². The van der Waals surface area contributed by atoms with Gasteiger partial charge in [0.2, 0.25) is 0 Å². The molecule has 1 heterocycles. The molecule has 1 aliphatic rings. The number of nitrogen functional groups attached to an aromatic ring is 1. The van der Waals surface area contributed by atoms with E-state index in [2.05, 4.69) is 35.6 Å². The van der Waals surface area contributed by atoms with Crippen molar-refractivity contribution in [1.29, 1.82) is 0 Å². The quantitative estimate of drug-likeness (QED) is 0.809. The molecule has 2 nitrogen and oxygen atoms in total. The number of hydrogen-bond donors (Lipinski definition) is 2. The first-order chi connectivity index (χ1) is 8.81. The molecule has 0 spiro atoms. The lowest BCUT2D eigenvalue weighted by atomic mass is 10.0. The third kappa shape index (κ3) is 2.46. The van der Waals surface area contributed by atoms with Gasteiger partial charge in [0.25, 0.3) is 0 Å². The van der Waals surface area contributed by atoms with Gasteiger partial charge in [-0.3, -0.25) is 0 Å². The van der Waals surface area contributed by atoms with Gasteiger partial charge in [0, 0.05) is 28.6 Å². The SMILES string of the molecule is Nc1ccc(Cc2ccc3c(c2)SCCN3)cc1. The molecule has 0 atom stereocenters. The minimum absolute atomic E-state index is 0.823. The summed E-state index contributed by atoms with van der Waals surface area (Å²) in [6.45, 7) is 1.06. The van der Waals surface area contributed by atoms with E-state index in [0.717, 1.165) is 24.4 Å². The zero-order chi connectivity index (χ0) is 12.4. The lowest BCUT2D eigenvalue weighted by Crippen LogP contribution is -2.10. The van der Waals surface area contributed by atoms with Crippen LogP contribution < -0.4 is 11.1 Å². The van der Waals surface area contributed by atoms with E-state index in [1.165, 1.54) is 21.7 Å². The lowest BCUT2D eigenvalue weighted by molar-refractivity contribution is 1.13. The minimum Gasteiger partial charge on any atom is -0.399 e. The Morgan fingerprint density at radius 3 is 2.67 bits per heavy atom. The molecule has 0 fully saturated rings. The topological polar surface area (TPSA) is 38.0 Å². The van der Waals surface area contributed by atoms with Crippen LogP contribution in [0.3, 0.4) is 0 Å². The lowest BCUT2D eigenvalue weighted by Gasteiger charge is -2.18. The molecule has 0 amide bonds. The van der Waals surface area contributed by atoms with Gasteiger partial charge in [-0.2, -0.15) is 0 Å². The zero-order valence-corrected chi connectivity index (χ0v) is 11.0. The van der Waals surface area contributed by atoms with Gasteiger partial charge in [0.05, 0.1) is 0 Å². The van der Waals surface area contributed by atoms with E-state index < -0.39 is 0 Å². The molecule has 0 saturated heterocycles. The fraction of sp³-hybridized carbons (Fsp3) is 0.200. The van der Waals surface area contributed by atoms with Crippen molar-refractivity contribution in [2.75, 3.05) is 23.3 Å². The van der Waals surface area contributed by atoms with E-state index >= 15 is 0 Å². The van der Waals surface area contributed by atoms with Crippen molar-refractivity contribution < 1.29 is 0 Å². The summed E-state index contributed by atoms with van der Waals surface area (Å²) in [6.07, 6.45) is 0.966. The second-order valence-electron chi connectivity index (χ2n) is 4.52. The maximum absolute atomic E-state index is 5.70. The van der Waals surface area contributed by atoms with Crippen molar-refractivity contribution in [3.63, 3.8) is 0 Å². The molecule has 1 aliphatic heterocycles. The molecular formula is C15H16N2S. The summed E-state index contributed by atoms with van der Waals surface area (Å²) in [6, 6.07) is 14.8. The molecule has 92 valence electrons. The van der Waals surface area contributed by atoms with E-state index in [4.69, 9.17) is 5.73 Å². The molecular weight excluding hydrogens is 240 g/mol. The van der Waals surface area contributed by atoms with Gasteiger partial charge in [-0.05, 0) is 41.8 Å². The van der Waals surface area contributed by atoms with Crippen molar-refractivity contribution in [2.24, 2.45) is 0 Å². The Morgan fingerprint density at radius 1 is 1.06 bits per heavy atom. The second-order valence-corrected chi connectivity index (χ2v) is 5.66. The van der Waals surface area contributed by atoms with Crippen LogP contribution in [-0.4, -0.2) is 12.3 Å². The van der Waals surface area contributed by atoms with Gasteiger partial charge in [-0.25, -0.2) is 0 Å². The van der Waals surface area contributed by atoms with E-state index in [0.29, 0.717) is 0 Å². The van der Waals surface area contributed by atoms with Crippen molar-refractivity contribution >= 4 is 23.1 Å². The highest BCUT2D eigenvalue weighted by Crippen LogP contribution is 2.32. The summed E-state index contributed by atoms with van der Waals surface area (Å²) in [7, 11) is 0. The van der Waals surface area contributed by atoms with Gasteiger partial charge in [0.1, 0.15) is 0 Å². The molecule has 0 radical (unpaired) electrons. The number of fused-ring (bicyclic) bond motifs is 1. The Bertz CT molecular complexity index is 549. The third-order valence-electron chi connectivity index (χ3n) is 3.11. The molecule has 3 heteroatoms. The Balaban J connectivity index is 1.82. The average molecular weight is 256 g/mol. The number of nitrogens with two attached hydrogens (primary N) is 1. The molecule has 3 rings (SSSR count). The predicted molar refractivity (Wildman–Crippen MR) is 79.3 cm³/mol. The average Bonchev–Trinajstić information content (AvgIpc) is 2.41. The van der Waals surface area contributed by atoms with Crippen LogP contribution in [0.2, 0.25) is 0 Å². The number of anilines is 2. The Kier molecular flexibility index (Phi) is 3.15. The van der Waals surface area contributed by atoms with Crippen LogP contribution in [0.5, 0.6) is 0 Å². The highest BCUT2D eigenvalue weighted by atomic mass is 32.2. The van der Waals surface area contributed by atoms with E-state index in [1.807, 2.05) is 23.9 Å². The first-order valence-corrected chi connectivity index (χ1v) is 7.14. The summed E-state index contributed by atoms with van der Waals surface area (Å²) in [5.74, 6) is 1.15. The maximum atomic E-state index is 5.70. The van der Waals surface area contributed by atoms with Crippen LogP contribution in [0.4, 0.5) is 11.4 Å². The standard InChI is InChI=1S/C15H16N2S/c16-13-4-1-11(2-5-13)9-12-3-6-14-15(10-12)18-8-7-17-14/h1-6,10,17H,7-9,16H2. The first kappa shape index (κ1) is 11.5. The molecule has 0 bridgehead atoms. The number of rotatable bonds is 2. The normalized spacial score (nSPS) is 13.8. The molecule has 2 aromatic carbocycles. The fourth-order valence-corrected chi connectivity index (χ4v) is 3.11.